The lowest BCUT2D eigenvalue weighted by Gasteiger charge is -2.16. The summed E-state index contributed by atoms with van der Waals surface area (Å²) in [6.07, 6.45) is -4.70. The summed E-state index contributed by atoms with van der Waals surface area (Å²) in [5.74, 6) is 0.0933. The van der Waals surface area contributed by atoms with E-state index in [9.17, 15) is 18.3 Å². The van der Waals surface area contributed by atoms with Crippen LogP contribution in [0, 0.1) is 0 Å². The number of phenols is 1. The Hall–Kier alpha value is -1.82. The van der Waals surface area contributed by atoms with Gasteiger partial charge in [0.15, 0.2) is 5.75 Å². The lowest BCUT2D eigenvalue weighted by molar-refractivity contribution is -0.137. The molecule has 0 bridgehead atoms. The Kier molecular flexibility index (Phi) is 4.66. The minimum Gasteiger partial charge on any atom is -0.507 e. The van der Waals surface area contributed by atoms with Crippen molar-refractivity contribution in [2.75, 3.05) is 0 Å². The highest BCUT2D eigenvalue weighted by atomic mass is 35.5. The lowest BCUT2D eigenvalue weighted by atomic mass is 10.1. The molecular formula is C17H8Cl3F3O2. The number of hydrogen-bond acceptors (Lipinski definition) is 2. The van der Waals surface area contributed by atoms with Crippen LogP contribution >= 0.6 is 34.8 Å². The van der Waals surface area contributed by atoms with Crippen LogP contribution in [0.1, 0.15) is 5.56 Å². The van der Waals surface area contributed by atoms with E-state index in [2.05, 4.69) is 0 Å². The molecule has 0 saturated heterocycles. The van der Waals surface area contributed by atoms with Gasteiger partial charge in [-0.25, -0.2) is 0 Å². The van der Waals surface area contributed by atoms with Gasteiger partial charge in [0.25, 0.3) is 0 Å². The largest absolute Gasteiger partial charge is 0.507 e. The molecular weight excluding hydrogens is 400 g/mol. The molecule has 3 aromatic carbocycles. The number of rotatable bonds is 2. The van der Waals surface area contributed by atoms with Gasteiger partial charge >= 0.3 is 6.18 Å². The molecule has 0 amide bonds. The maximum Gasteiger partial charge on any atom is 0.417 e. The zero-order valence-electron chi connectivity index (χ0n) is 12.2. The van der Waals surface area contributed by atoms with Crippen molar-refractivity contribution in [1.29, 1.82) is 0 Å². The van der Waals surface area contributed by atoms with Crippen molar-refractivity contribution >= 4 is 45.6 Å². The Morgan fingerprint density at radius 2 is 1.52 bits per heavy atom. The van der Waals surface area contributed by atoms with Crippen molar-refractivity contribution in [3.05, 3.63) is 63.1 Å². The van der Waals surface area contributed by atoms with E-state index in [4.69, 9.17) is 39.5 Å². The smallest absolute Gasteiger partial charge is 0.417 e. The highest BCUT2D eigenvalue weighted by molar-refractivity contribution is 6.45. The maximum atomic E-state index is 12.9. The van der Waals surface area contributed by atoms with Crippen molar-refractivity contribution < 1.29 is 23.0 Å². The molecule has 0 aromatic heterocycles. The summed E-state index contributed by atoms with van der Waals surface area (Å²) in [5, 5.41) is 9.45. The topological polar surface area (TPSA) is 29.5 Å². The Labute approximate surface area is 155 Å². The Morgan fingerprint density at radius 1 is 0.880 bits per heavy atom. The van der Waals surface area contributed by atoms with Crippen LogP contribution in [-0.4, -0.2) is 5.11 Å². The van der Waals surface area contributed by atoms with E-state index in [-0.39, 0.29) is 22.3 Å². The second-order valence-corrected chi connectivity index (χ2v) is 6.25. The van der Waals surface area contributed by atoms with Gasteiger partial charge in [-0.2, -0.15) is 13.2 Å². The van der Waals surface area contributed by atoms with Gasteiger partial charge in [0.1, 0.15) is 16.5 Å². The first kappa shape index (κ1) is 18.0. The van der Waals surface area contributed by atoms with Crippen LogP contribution in [0.25, 0.3) is 10.8 Å². The molecule has 1 N–H and O–H groups in total. The molecule has 0 radical (unpaired) electrons. The molecule has 0 aliphatic carbocycles. The number of alkyl halides is 3. The highest BCUT2D eigenvalue weighted by Gasteiger charge is 2.36. The summed E-state index contributed by atoms with van der Waals surface area (Å²) in [7, 11) is 0. The van der Waals surface area contributed by atoms with Crippen LogP contribution in [-0.2, 0) is 6.18 Å². The van der Waals surface area contributed by atoms with Crippen LogP contribution in [0.15, 0.2) is 42.5 Å². The first-order valence-corrected chi connectivity index (χ1v) is 7.97. The number of halogens is 6. The average molecular weight is 408 g/mol. The monoisotopic (exact) mass is 406 g/mol. The molecule has 130 valence electrons. The van der Waals surface area contributed by atoms with Gasteiger partial charge in [0.2, 0.25) is 0 Å². The molecule has 25 heavy (non-hydrogen) atoms. The third-order valence-corrected chi connectivity index (χ3v) is 4.62. The van der Waals surface area contributed by atoms with Crippen LogP contribution in [0.5, 0.6) is 17.2 Å². The predicted octanol–water partition coefficient (Wildman–Crippen LogP) is 7.32. The Bertz CT molecular complexity index is 971. The number of phenolic OH excluding ortho intramolecular Hbond substituents is 1. The molecule has 0 unspecified atom stereocenters. The fourth-order valence-corrected chi connectivity index (χ4v) is 3.12. The van der Waals surface area contributed by atoms with Crippen LogP contribution < -0.4 is 4.74 Å². The number of aromatic hydroxyl groups is 1. The molecule has 3 rings (SSSR count). The van der Waals surface area contributed by atoms with Crippen LogP contribution in [0.4, 0.5) is 13.2 Å². The summed E-state index contributed by atoms with van der Waals surface area (Å²) in [6.45, 7) is 0. The van der Waals surface area contributed by atoms with Crippen molar-refractivity contribution in [3.8, 4) is 17.2 Å². The first-order valence-electron chi connectivity index (χ1n) is 6.83. The minimum atomic E-state index is -4.70. The molecule has 8 heteroatoms. The fourth-order valence-electron chi connectivity index (χ4n) is 2.34. The van der Waals surface area contributed by atoms with E-state index in [0.717, 1.165) is 0 Å². The third-order valence-electron chi connectivity index (χ3n) is 3.49. The van der Waals surface area contributed by atoms with Crippen molar-refractivity contribution in [2.24, 2.45) is 0 Å². The van der Waals surface area contributed by atoms with E-state index in [0.29, 0.717) is 16.8 Å². The number of benzene rings is 3. The van der Waals surface area contributed by atoms with E-state index in [1.165, 1.54) is 6.07 Å². The van der Waals surface area contributed by atoms with E-state index >= 15 is 0 Å². The van der Waals surface area contributed by atoms with E-state index in [1.54, 1.807) is 30.3 Å². The summed E-state index contributed by atoms with van der Waals surface area (Å²) in [5.41, 5.74) is -1.15. The van der Waals surface area contributed by atoms with Gasteiger partial charge in [-0.15, -0.1) is 0 Å². The van der Waals surface area contributed by atoms with Crippen molar-refractivity contribution in [1.82, 2.24) is 0 Å². The summed E-state index contributed by atoms with van der Waals surface area (Å²) < 4.78 is 44.5. The number of fused-ring (bicyclic) bond motifs is 1. The highest BCUT2D eigenvalue weighted by Crippen LogP contribution is 2.48. The number of hydrogen-bond donors (Lipinski definition) is 1. The molecule has 3 aromatic rings. The van der Waals surface area contributed by atoms with Gasteiger partial charge in [0.05, 0.1) is 15.6 Å². The zero-order valence-corrected chi connectivity index (χ0v) is 14.4. The third kappa shape index (κ3) is 3.32. The minimum absolute atomic E-state index is 0.0330. The number of ether oxygens (including phenoxy) is 1. The maximum absolute atomic E-state index is 12.9. The second-order valence-electron chi connectivity index (χ2n) is 5.09. The Morgan fingerprint density at radius 3 is 2.20 bits per heavy atom. The summed E-state index contributed by atoms with van der Waals surface area (Å²) in [4.78, 5) is 0. The van der Waals surface area contributed by atoms with Gasteiger partial charge in [0, 0.05) is 10.8 Å². The molecule has 0 spiro atoms. The van der Waals surface area contributed by atoms with Gasteiger partial charge < -0.3 is 9.84 Å². The van der Waals surface area contributed by atoms with Crippen LogP contribution in [0.2, 0.25) is 15.1 Å². The molecule has 0 aliphatic heterocycles. The SMILES string of the molecule is Oc1cccc2c(Oc3c(Cl)cc(C(F)(F)F)c(Cl)c3Cl)cccc12. The fraction of sp³-hybridized carbons (Fsp3) is 0.0588. The van der Waals surface area contributed by atoms with E-state index in [1.807, 2.05) is 0 Å². The van der Waals surface area contributed by atoms with Gasteiger partial charge in [-0.1, -0.05) is 59.1 Å². The molecule has 0 saturated carbocycles. The summed E-state index contributed by atoms with van der Waals surface area (Å²) >= 11 is 17.6. The Balaban J connectivity index is 2.14. The van der Waals surface area contributed by atoms with Gasteiger partial charge in [-0.05, 0) is 18.2 Å². The van der Waals surface area contributed by atoms with E-state index < -0.39 is 21.8 Å². The lowest BCUT2D eigenvalue weighted by Crippen LogP contribution is -2.06. The second kappa shape index (κ2) is 6.48. The zero-order chi connectivity index (χ0) is 18.4. The molecule has 0 heterocycles. The predicted molar refractivity (Wildman–Crippen MR) is 92.2 cm³/mol. The normalized spacial score (nSPS) is 11.8. The summed E-state index contributed by atoms with van der Waals surface area (Å²) in [6, 6.07) is 10.3. The molecule has 0 fully saturated rings. The standard InChI is InChI=1S/C17H8Cl3F3O2/c18-11-7-10(17(21,22)23)14(19)15(20)16(11)25-13-6-2-3-8-9(13)4-1-5-12(8)24/h1-7,24H. The van der Waals surface area contributed by atoms with Crippen LogP contribution in [0.3, 0.4) is 0 Å². The molecule has 0 aliphatic rings. The molecule has 2 nitrogen and oxygen atoms in total. The average Bonchev–Trinajstić information content (AvgIpc) is 2.54. The van der Waals surface area contributed by atoms with Gasteiger partial charge in [-0.3, -0.25) is 0 Å². The molecule has 0 atom stereocenters. The van der Waals surface area contributed by atoms with Crippen molar-refractivity contribution in [2.45, 2.75) is 6.18 Å². The first-order chi connectivity index (χ1) is 11.7. The quantitative estimate of drug-likeness (QED) is 0.451. The van der Waals surface area contributed by atoms with Crippen molar-refractivity contribution in [3.63, 3.8) is 0 Å².